The third-order valence-corrected chi connectivity index (χ3v) is 5.27. The fourth-order valence-electron chi connectivity index (χ4n) is 4.14. The van der Waals surface area contributed by atoms with Gasteiger partial charge in [0.2, 0.25) is 0 Å². The van der Waals surface area contributed by atoms with Gasteiger partial charge in [-0.3, -0.25) is 9.69 Å². The Morgan fingerprint density at radius 1 is 1.19 bits per heavy atom. The quantitative estimate of drug-likeness (QED) is 0.795. The van der Waals surface area contributed by atoms with E-state index in [2.05, 4.69) is 12.1 Å². The molecule has 0 aromatic heterocycles. The van der Waals surface area contributed by atoms with Gasteiger partial charge in [-0.25, -0.2) is 4.79 Å². The first kappa shape index (κ1) is 19.1. The molecule has 0 spiro atoms. The highest BCUT2D eigenvalue weighted by atomic mass is 16.5. The second-order valence-corrected chi connectivity index (χ2v) is 7.18. The van der Waals surface area contributed by atoms with Crippen LogP contribution in [0.1, 0.15) is 39.4 Å². The van der Waals surface area contributed by atoms with Gasteiger partial charge in [0.25, 0.3) is 0 Å². The molecular weight excluding hydrogens is 342 g/mol. The van der Waals surface area contributed by atoms with Crippen molar-refractivity contribution >= 4 is 11.9 Å². The van der Waals surface area contributed by atoms with E-state index in [9.17, 15) is 9.59 Å². The van der Waals surface area contributed by atoms with Crippen molar-refractivity contribution in [3.8, 4) is 0 Å². The number of carboxylic acids is 1. The first-order valence-electron chi connectivity index (χ1n) is 9.16. The number of likely N-dealkylation sites (N-methyl/N-ethyl adjacent to an activating group) is 1. The lowest BCUT2D eigenvalue weighted by Crippen LogP contribution is -2.35. The van der Waals surface area contributed by atoms with Crippen molar-refractivity contribution in [1.82, 2.24) is 4.90 Å². The number of ether oxygens (including phenoxy) is 1. The number of esters is 1. The highest BCUT2D eigenvalue weighted by Gasteiger charge is 2.32. The SMILES string of the molecule is COC(=O)c1ccc2c(c1)CCC(CN(C)CC(=O)O)C2c1ccccc1. The van der Waals surface area contributed by atoms with Gasteiger partial charge in [-0.2, -0.15) is 0 Å². The number of fused-ring (bicyclic) bond motifs is 1. The van der Waals surface area contributed by atoms with Gasteiger partial charge in [-0.1, -0.05) is 36.4 Å². The molecule has 0 aliphatic heterocycles. The summed E-state index contributed by atoms with van der Waals surface area (Å²) in [6.45, 7) is 0.746. The molecule has 0 radical (unpaired) electrons. The molecule has 2 unspecified atom stereocenters. The Kier molecular flexibility index (Phi) is 5.91. The van der Waals surface area contributed by atoms with E-state index in [1.807, 2.05) is 48.3 Å². The van der Waals surface area contributed by atoms with Gasteiger partial charge in [0.05, 0.1) is 19.2 Å². The minimum absolute atomic E-state index is 0.0339. The number of benzene rings is 2. The Labute approximate surface area is 159 Å². The summed E-state index contributed by atoms with van der Waals surface area (Å²) in [6, 6.07) is 16.1. The number of carbonyl (C=O) groups excluding carboxylic acids is 1. The summed E-state index contributed by atoms with van der Waals surface area (Å²) < 4.78 is 4.85. The minimum Gasteiger partial charge on any atom is -0.480 e. The van der Waals surface area contributed by atoms with E-state index in [1.54, 1.807) is 0 Å². The van der Waals surface area contributed by atoms with E-state index < -0.39 is 5.97 Å². The molecule has 2 atom stereocenters. The number of rotatable bonds is 6. The van der Waals surface area contributed by atoms with Gasteiger partial charge in [0.15, 0.2) is 0 Å². The maximum Gasteiger partial charge on any atom is 0.337 e. The van der Waals surface area contributed by atoms with Gasteiger partial charge < -0.3 is 9.84 Å². The van der Waals surface area contributed by atoms with Crippen molar-refractivity contribution in [2.45, 2.75) is 18.8 Å². The van der Waals surface area contributed by atoms with Crippen LogP contribution in [-0.4, -0.2) is 49.2 Å². The molecule has 5 nitrogen and oxygen atoms in total. The van der Waals surface area contributed by atoms with Crippen molar-refractivity contribution in [1.29, 1.82) is 0 Å². The van der Waals surface area contributed by atoms with Crippen molar-refractivity contribution in [2.24, 2.45) is 5.92 Å². The summed E-state index contributed by atoms with van der Waals surface area (Å²) >= 11 is 0. The Hall–Kier alpha value is -2.66. The number of methoxy groups -OCH3 is 1. The maximum atomic E-state index is 11.9. The zero-order chi connectivity index (χ0) is 19.4. The van der Waals surface area contributed by atoms with E-state index in [0.29, 0.717) is 18.0 Å². The van der Waals surface area contributed by atoms with Gasteiger partial charge in [0, 0.05) is 12.5 Å². The van der Waals surface area contributed by atoms with Gasteiger partial charge >= 0.3 is 11.9 Å². The molecule has 1 aliphatic carbocycles. The van der Waals surface area contributed by atoms with E-state index >= 15 is 0 Å². The van der Waals surface area contributed by atoms with Crippen LogP contribution in [-0.2, 0) is 16.0 Å². The Morgan fingerprint density at radius 3 is 2.59 bits per heavy atom. The predicted octanol–water partition coefficient (Wildman–Crippen LogP) is 3.18. The number of hydrogen-bond donors (Lipinski definition) is 1. The van der Waals surface area contributed by atoms with E-state index in [4.69, 9.17) is 9.84 Å². The van der Waals surface area contributed by atoms with Crippen LogP contribution in [0.2, 0.25) is 0 Å². The number of carbonyl (C=O) groups is 2. The average Bonchev–Trinajstić information content (AvgIpc) is 2.66. The normalized spacial score (nSPS) is 18.8. The fourth-order valence-corrected chi connectivity index (χ4v) is 4.14. The zero-order valence-corrected chi connectivity index (χ0v) is 15.7. The molecule has 0 amide bonds. The number of hydrogen-bond acceptors (Lipinski definition) is 4. The van der Waals surface area contributed by atoms with Crippen molar-refractivity contribution in [3.63, 3.8) is 0 Å². The van der Waals surface area contributed by atoms with Gasteiger partial charge in [0.1, 0.15) is 0 Å². The van der Waals surface area contributed by atoms with Crippen LogP contribution in [0.3, 0.4) is 0 Å². The van der Waals surface area contributed by atoms with Crippen LogP contribution in [0, 0.1) is 5.92 Å². The monoisotopic (exact) mass is 367 g/mol. The summed E-state index contributed by atoms with van der Waals surface area (Å²) in [4.78, 5) is 24.8. The summed E-state index contributed by atoms with van der Waals surface area (Å²) in [5.74, 6) is -0.642. The number of aryl methyl sites for hydroxylation is 1. The van der Waals surface area contributed by atoms with Crippen LogP contribution in [0.15, 0.2) is 48.5 Å². The van der Waals surface area contributed by atoms with Crippen molar-refractivity contribution < 1.29 is 19.4 Å². The zero-order valence-electron chi connectivity index (χ0n) is 15.7. The summed E-state index contributed by atoms with van der Waals surface area (Å²) in [5, 5.41) is 9.07. The Morgan fingerprint density at radius 2 is 1.93 bits per heavy atom. The van der Waals surface area contributed by atoms with E-state index in [1.165, 1.54) is 23.8 Å². The highest BCUT2D eigenvalue weighted by Crippen LogP contribution is 2.41. The van der Waals surface area contributed by atoms with Crippen LogP contribution >= 0.6 is 0 Å². The van der Waals surface area contributed by atoms with E-state index in [-0.39, 0.29) is 18.4 Å². The largest absolute Gasteiger partial charge is 0.480 e. The molecule has 27 heavy (non-hydrogen) atoms. The molecule has 1 aliphatic rings. The molecule has 0 fully saturated rings. The lowest BCUT2D eigenvalue weighted by atomic mass is 9.71. The van der Waals surface area contributed by atoms with Gasteiger partial charge in [-0.15, -0.1) is 0 Å². The van der Waals surface area contributed by atoms with Gasteiger partial charge in [-0.05, 0) is 54.6 Å². The lowest BCUT2D eigenvalue weighted by molar-refractivity contribution is -0.138. The lowest BCUT2D eigenvalue weighted by Gasteiger charge is -2.36. The third-order valence-electron chi connectivity index (χ3n) is 5.27. The Bertz CT molecular complexity index is 818. The van der Waals surface area contributed by atoms with Crippen LogP contribution in [0.5, 0.6) is 0 Å². The third kappa shape index (κ3) is 4.37. The van der Waals surface area contributed by atoms with Crippen LogP contribution in [0.25, 0.3) is 0 Å². The molecule has 1 N–H and O–H groups in total. The first-order valence-corrected chi connectivity index (χ1v) is 9.16. The highest BCUT2D eigenvalue weighted by molar-refractivity contribution is 5.89. The molecular formula is C22H25NO4. The van der Waals surface area contributed by atoms with Crippen LogP contribution < -0.4 is 0 Å². The molecule has 0 bridgehead atoms. The second-order valence-electron chi connectivity index (χ2n) is 7.18. The molecule has 3 rings (SSSR count). The number of nitrogens with zero attached hydrogens (tertiary/aromatic N) is 1. The summed E-state index contributed by atoms with van der Waals surface area (Å²) in [6.07, 6.45) is 1.82. The average molecular weight is 367 g/mol. The molecule has 2 aromatic rings. The second kappa shape index (κ2) is 8.35. The molecule has 2 aromatic carbocycles. The molecule has 5 heteroatoms. The number of aliphatic carboxylic acids is 1. The van der Waals surface area contributed by atoms with Crippen LogP contribution in [0.4, 0.5) is 0 Å². The van der Waals surface area contributed by atoms with Crippen molar-refractivity contribution in [3.05, 3.63) is 70.8 Å². The fraction of sp³-hybridized carbons (Fsp3) is 0.364. The smallest absolute Gasteiger partial charge is 0.337 e. The molecule has 0 saturated carbocycles. The number of carboxylic acid groups (broad SMARTS) is 1. The van der Waals surface area contributed by atoms with E-state index in [0.717, 1.165) is 12.8 Å². The standard InChI is InChI=1S/C22H25NO4/c1-23(14-20(24)25)13-18-9-8-16-12-17(22(26)27-2)10-11-19(16)21(18)15-6-4-3-5-7-15/h3-7,10-12,18,21H,8-9,13-14H2,1-2H3,(H,24,25). The predicted molar refractivity (Wildman–Crippen MR) is 103 cm³/mol. The first-order chi connectivity index (χ1) is 13.0. The summed E-state index contributed by atoms with van der Waals surface area (Å²) in [7, 11) is 3.24. The summed E-state index contributed by atoms with van der Waals surface area (Å²) in [5.41, 5.74) is 4.18. The minimum atomic E-state index is -0.812. The van der Waals surface area contributed by atoms with Crippen molar-refractivity contribution in [2.75, 3.05) is 27.2 Å². The maximum absolute atomic E-state index is 11.9. The topological polar surface area (TPSA) is 66.8 Å². The molecule has 0 saturated heterocycles. The molecule has 142 valence electrons. The molecule has 0 heterocycles. The Balaban J connectivity index is 1.96.